The number of nitrogens with zero attached hydrogens (tertiary/aromatic N) is 1. The van der Waals surface area contributed by atoms with Gasteiger partial charge in [-0.05, 0) is 36.9 Å². The second kappa shape index (κ2) is 9.89. The lowest BCUT2D eigenvalue weighted by Crippen LogP contribution is -2.38. The summed E-state index contributed by atoms with van der Waals surface area (Å²) in [7, 11) is 1.55. The zero-order valence-electron chi connectivity index (χ0n) is 15.1. The number of benzene rings is 2. The van der Waals surface area contributed by atoms with Gasteiger partial charge in [-0.25, -0.2) is 4.39 Å². The topological polar surface area (TPSA) is 70.7 Å². The monoisotopic (exact) mass is 393 g/mol. The van der Waals surface area contributed by atoms with Crippen LogP contribution in [0.3, 0.4) is 0 Å². The van der Waals surface area contributed by atoms with E-state index in [2.05, 4.69) is 10.6 Å². The number of rotatable bonds is 8. The van der Waals surface area contributed by atoms with Gasteiger partial charge >= 0.3 is 0 Å². The fraction of sp³-hybridized carbons (Fsp3) is 0.263. The van der Waals surface area contributed by atoms with Gasteiger partial charge in [-0.2, -0.15) is 0 Å². The van der Waals surface area contributed by atoms with Crippen molar-refractivity contribution in [1.29, 1.82) is 0 Å². The van der Waals surface area contributed by atoms with Crippen molar-refractivity contribution in [1.82, 2.24) is 4.90 Å². The van der Waals surface area contributed by atoms with Gasteiger partial charge in [-0.3, -0.25) is 14.5 Å². The first-order valence-corrected chi connectivity index (χ1v) is 8.70. The molecule has 0 radical (unpaired) electrons. The molecule has 0 atom stereocenters. The Morgan fingerprint density at radius 2 is 1.70 bits per heavy atom. The number of ether oxygens (including phenoxy) is 1. The third-order valence-corrected chi connectivity index (χ3v) is 4.03. The summed E-state index contributed by atoms with van der Waals surface area (Å²) >= 11 is 5.70. The molecule has 0 aliphatic rings. The molecule has 0 aromatic heterocycles. The minimum absolute atomic E-state index is 0.0109. The second-order valence-corrected chi connectivity index (χ2v) is 6.17. The van der Waals surface area contributed by atoms with Gasteiger partial charge in [-0.1, -0.05) is 24.6 Å². The smallest absolute Gasteiger partial charge is 0.238 e. The zero-order valence-corrected chi connectivity index (χ0v) is 15.8. The second-order valence-electron chi connectivity index (χ2n) is 5.76. The fourth-order valence-electron chi connectivity index (χ4n) is 2.36. The van der Waals surface area contributed by atoms with E-state index in [0.717, 1.165) is 0 Å². The van der Waals surface area contributed by atoms with Crippen LogP contribution in [-0.2, 0) is 9.59 Å². The molecule has 0 heterocycles. The van der Waals surface area contributed by atoms with Crippen LogP contribution in [0.4, 0.5) is 15.8 Å². The number of methoxy groups -OCH3 is 1. The molecule has 27 heavy (non-hydrogen) atoms. The number of amides is 2. The molecule has 144 valence electrons. The first kappa shape index (κ1) is 20.7. The van der Waals surface area contributed by atoms with Crippen LogP contribution in [0.1, 0.15) is 6.92 Å². The minimum atomic E-state index is -0.556. The molecule has 8 heteroatoms. The summed E-state index contributed by atoms with van der Waals surface area (Å²) < 4.78 is 18.3. The number of hydrogen-bond donors (Lipinski definition) is 2. The van der Waals surface area contributed by atoms with Crippen LogP contribution in [0, 0.1) is 5.82 Å². The summed E-state index contributed by atoms with van der Waals surface area (Å²) in [5, 5.41) is 5.33. The Bertz CT molecular complexity index is 817. The molecular formula is C19H21ClFN3O3. The van der Waals surface area contributed by atoms with Gasteiger partial charge in [0.2, 0.25) is 11.8 Å². The SMILES string of the molecule is CCN(CC(=O)Nc1cccc(OC)c1)CC(=O)Nc1ccc(F)c(Cl)c1. The molecular weight excluding hydrogens is 373 g/mol. The van der Waals surface area contributed by atoms with E-state index in [1.54, 1.807) is 36.3 Å². The van der Waals surface area contributed by atoms with Crippen LogP contribution in [0.5, 0.6) is 5.75 Å². The van der Waals surface area contributed by atoms with Crippen LogP contribution >= 0.6 is 11.6 Å². The first-order chi connectivity index (χ1) is 12.9. The van der Waals surface area contributed by atoms with Gasteiger partial charge in [-0.15, -0.1) is 0 Å². The van der Waals surface area contributed by atoms with Crippen molar-refractivity contribution in [2.24, 2.45) is 0 Å². The Kier molecular flexibility index (Phi) is 7.57. The van der Waals surface area contributed by atoms with E-state index in [-0.39, 0.29) is 29.9 Å². The van der Waals surface area contributed by atoms with Gasteiger partial charge in [0, 0.05) is 17.4 Å². The van der Waals surface area contributed by atoms with Crippen LogP contribution in [-0.4, -0.2) is 43.5 Å². The molecule has 2 aromatic rings. The Morgan fingerprint density at radius 3 is 2.26 bits per heavy atom. The minimum Gasteiger partial charge on any atom is -0.497 e. The quantitative estimate of drug-likeness (QED) is 0.721. The summed E-state index contributed by atoms with van der Waals surface area (Å²) in [5.74, 6) is -0.493. The number of likely N-dealkylation sites (N-methyl/N-ethyl adjacent to an activating group) is 1. The van der Waals surface area contributed by atoms with Crippen molar-refractivity contribution >= 4 is 34.8 Å². The maximum Gasteiger partial charge on any atom is 0.238 e. The summed E-state index contributed by atoms with van der Waals surface area (Å²) in [4.78, 5) is 26.1. The van der Waals surface area contributed by atoms with Gasteiger partial charge in [0.15, 0.2) is 0 Å². The molecule has 0 saturated heterocycles. The van der Waals surface area contributed by atoms with Crippen molar-refractivity contribution in [2.45, 2.75) is 6.92 Å². The molecule has 2 N–H and O–H groups in total. The molecule has 2 rings (SSSR count). The van der Waals surface area contributed by atoms with Gasteiger partial charge in [0.1, 0.15) is 11.6 Å². The molecule has 2 amide bonds. The number of halogens is 2. The maximum absolute atomic E-state index is 13.2. The van der Waals surface area contributed by atoms with Crippen LogP contribution in [0.25, 0.3) is 0 Å². The summed E-state index contributed by atoms with van der Waals surface area (Å²) in [5.41, 5.74) is 1.00. The number of hydrogen-bond acceptors (Lipinski definition) is 4. The highest BCUT2D eigenvalue weighted by atomic mass is 35.5. The predicted octanol–water partition coefficient (Wildman–Crippen LogP) is 3.39. The highest BCUT2D eigenvalue weighted by Crippen LogP contribution is 2.19. The molecule has 2 aromatic carbocycles. The average Bonchev–Trinajstić information content (AvgIpc) is 2.64. The van der Waals surface area contributed by atoms with E-state index >= 15 is 0 Å². The molecule has 0 spiro atoms. The molecule has 0 saturated carbocycles. The first-order valence-electron chi connectivity index (χ1n) is 8.32. The van der Waals surface area contributed by atoms with Crippen molar-refractivity contribution in [3.63, 3.8) is 0 Å². The normalized spacial score (nSPS) is 10.6. The van der Waals surface area contributed by atoms with E-state index in [1.165, 1.54) is 18.2 Å². The van der Waals surface area contributed by atoms with Crippen molar-refractivity contribution in [3.05, 3.63) is 53.3 Å². The molecule has 6 nitrogen and oxygen atoms in total. The standard InChI is InChI=1S/C19H21ClFN3O3/c1-3-24(11-18(25)22-13-5-4-6-15(9-13)27-2)12-19(26)23-14-7-8-17(21)16(20)10-14/h4-10H,3,11-12H2,1-2H3,(H,22,25)(H,23,26). The predicted molar refractivity (Wildman–Crippen MR) is 104 cm³/mol. The molecule has 0 unspecified atom stereocenters. The Hall–Kier alpha value is -2.64. The number of carbonyl (C=O) groups is 2. The summed E-state index contributed by atoms with van der Waals surface area (Å²) in [6, 6.07) is 10.9. The highest BCUT2D eigenvalue weighted by Gasteiger charge is 2.14. The van der Waals surface area contributed by atoms with Gasteiger partial charge in [0.25, 0.3) is 0 Å². The summed E-state index contributed by atoms with van der Waals surface area (Å²) in [6.45, 7) is 2.41. The van der Waals surface area contributed by atoms with Crippen LogP contribution in [0.2, 0.25) is 5.02 Å². The van der Waals surface area contributed by atoms with Crippen molar-refractivity contribution in [3.8, 4) is 5.75 Å². The van der Waals surface area contributed by atoms with E-state index < -0.39 is 5.82 Å². The number of nitrogens with one attached hydrogen (secondary N) is 2. The Balaban J connectivity index is 1.88. The van der Waals surface area contributed by atoms with Crippen molar-refractivity contribution in [2.75, 3.05) is 37.4 Å². The zero-order chi connectivity index (χ0) is 19.8. The third-order valence-electron chi connectivity index (χ3n) is 3.74. The maximum atomic E-state index is 13.2. The third kappa shape index (κ3) is 6.54. The summed E-state index contributed by atoms with van der Waals surface area (Å²) in [6.07, 6.45) is 0. The lowest BCUT2D eigenvalue weighted by molar-refractivity contribution is -0.119. The van der Waals surface area contributed by atoms with Crippen LogP contribution < -0.4 is 15.4 Å². The lowest BCUT2D eigenvalue weighted by atomic mass is 10.3. The van der Waals surface area contributed by atoms with E-state index in [1.807, 2.05) is 6.92 Å². The fourth-order valence-corrected chi connectivity index (χ4v) is 2.54. The molecule has 0 bridgehead atoms. The van der Waals surface area contributed by atoms with Gasteiger partial charge in [0.05, 0.1) is 25.2 Å². The number of carbonyl (C=O) groups excluding carboxylic acids is 2. The molecule has 0 aliphatic heterocycles. The lowest BCUT2D eigenvalue weighted by Gasteiger charge is -2.19. The largest absolute Gasteiger partial charge is 0.497 e. The van der Waals surface area contributed by atoms with Gasteiger partial charge < -0.3 is 15.4 Å². The van der Waals surface area contributed by atoms with Crippen LogP contribution in [0.15, 0.2) is 42.5 Å². The Labute approximate surface area is 162 Å². The molecule has 0 aliphatic carbocycles. The van der Waals surface area contributed by atoms with E-state index in [9.17, 15) is 14.0 Å². The van der Waals surface area contributed by atoms with E-state index in [0.29, 0.717) is 23.7 Å². The van der Waals surface area contributed by atoms with Crippen molar-refractivity contribution < 1.29 is 18.7 Å². The number of anilines is 2. The average molecular weight is 394 g/mol. The van der Waals surface area contributed by atoms with E-state index in [4.69, 9.17) is 16.3 Å². The molecule has 0 fully saturated rings. The Morgan fingerprint density at radius 1 is 1.07 bits per heavy atom. The highest BCUT2D eigenvalue weighted by molar-refractivity contribution is 6.31.